The van der Waals surface area contributed by atoms with E-state index < -0.39 is 5.97 Å². The maximum absolute atomic E-state index is 12.1. The highest BCUT2D eigenvalue weighted by Crippen LogP contribution is 2.43. The van der Waals surface area contributed by atoms with Crippen molar-refractivity contribution in [1.29, 1.82) is 0 Å². The summed E-state index contributed by atoms with van der Waals surface area (Å²) < 4.78 is 0. The maximum atomic E-state index is 12.1. The van der Waals surface area contributed by atoms with Gasteiger partial charge in [-0.2, -0.15) is 0 Å². The molecule has 0 spiro atoms. The van der Waals surface area contributed by atoms with Crippen LogP contribution in [0.15, 0.2) is 0 Å². The van der Waals surface area contributed by atoms with Crippen LogP contribution in [0.1, 0.15) is 52.9 Å². The number of carbonyl (C=O) groups excluding carboxylic acids is 1. The minimum atomic E-state index is -0.873. The van der Waals surface area contributed by atoms with E-state index in [9.17, 15) is 9.59 Å². The van der Waals surface area contributed by atoms with Gasteiger partial charge in [0.2, 0.25) is 0 Å². The molecule has 0 aromatic rings. The lowest BCUT2D eigenvalue weighted by molar-refractivity contribution is -0.137. The summed E-state index contributed by atoms with van der Waals surface area (Å²) in [5, 5.41) is 11.7. The minimum absolute atomic E-state index is 0.00940. The van der Waals surface area contributed by atoms with E-state index in [1.165, 1.54) is 19.3 Å². The van der Waals surface area contributed by atoms with E-state index in [4.69, 9.17) is 5.11 Å². The standard InChI is InChI=1S/C14H26N2O3/c1-4-14(7-5-8-14)10-15-13(19)16(11(2)3)9-6-12(17)18/h11H,4-10H2,1-3H3,(H,15,19)(H,17,18). The third-order valence-electron chi connectivity index (χ3n) is 4.23. The molecule has 5 nitrogen and oxygen atoms in total. The Labute approximate surface area is 115 Å². The summed E-state index contributed by atoms with van der Waals surface area (Å²) in [6, 6.07) is -0.130. The summed E-state index contributed by atoms with van der Waals surface area (Å²) in [6.07, 6.45) is 4.69. The van der Waals surface area contributed by atoms with Gasteiger partial charge in [0.1, 0.15) is 0 Å². The molecule has 0 unspecified atom stereocenters. The van der Waals surface area contributed by atoms with Crippen LogP contribution in [-0.2, 0) is 4.79 Å². The van der Waals surface area contributed by atoms with Crippen LogP contribution in [-0.4, -0.2) is 41.1 Å². The molecule has 0 bridgehead atoms. The number of carbonyl (C=O) groups is 2. The van der Waals surface area contributed by atoms with Crippen LogP contribution >= 0.6 is 0 Å². The van der Waals surface area contributed by atoms with Crippen molar-refractivity contribution in [3.63, 3.8) is 0 Å². The quantitative estimate of drug-likeness (QED) is 0.746. The zero-order chi connectivity index (χ0) is 14.5. The minimum Gasteiger partial charge on any atom is -0.481 e. The molecule has 110 valence electrons. The molecule has 1 rings (SSSR count). The Kier molecular flexibility index (Phi) is 5.63. The second-order valence-corrected chi connectivity index (χ2v) is 5.80. The zero-order valence-electron chi connectivity index (χ0n) is 12.2. The fraction of sp³-hybridized carbons (Fsp3) is 0.857. The van der Waals surface area contributed by atoms with Crippen LogP contribution in [0.4, 0.5) is 4.79 Å². The first-order valence-corrected chi connectivity index (χ1v) is 7.16. The van der Waals surface area contributed by atoms with Crippen molar-refractivity contribution in [2.75, 3.05) is 13.1 Å². The molecular weight excluding hydrogens is 244 g/mol. The van der Waals surface area contributed by atoms with Crippen molar-refractivity contribution in [1.82, 2.24) is 10.2 Å². The summed E-state index contributed by atoms with van der Waals surface area (Å²) in [5.41, 5.74) is 0.283. The molecule has 0 aliphatic heterocycles. The Morgan fingerprint density at radius 2 is 2.00 bits per heavy atom. The Morgan fingerprint density at radius 1 is 1.37 bits per heavy atom. The van der Waals surface area contributed by atoms with Gasteiger partial charge in [0, 0.05) is 19.1 Å². The first-order valence-electron chi connectivity index (χ1n) is 7.16. The normalized spacial score (nSPS) is 16.8. The maximum Gasteiger partial charge on any atom is 0.317 e. The second kappa shape index (κ2) is 6.78. The number of hydrogen-bond donors (Lipinski definition) is 2. The largest absolute Gasteiger partial charge is 0.481 e. The van der Waals surface area contributed by atoms with Crippen molar-refractivity contribution in [2.45, 2.75) is 58.9 Å². The third kappa shape index (κ3) is 4.40. The van der Waals surface area contributed by atoms with Crippen molar-refractivity contribution in [3.8, 4) is 0 Å². The molecule has 0 heterocycles. The molecule has 1 saturated carbocycles. The molecule has 0 saturated heterocycles. The van der Waals surface area contributed by atoms with Crippen molar-refractivity contribution in [2.24, 2.45) is 5.41 Å². The summed E-state index contributed by atoms with van der Waals surface area (Å²) in [6.45, 7) is 6.94. The lowest BCUT2D eigenvalue weighted by Crippen LogP contribution is -2.49. The predicted molar refractivity (Wildman–Crippen MR) is 74.1 cm³/mol. The molecule has 2 N–H and O–H groups in total. The fourth-order valence-electron chi connectivity index (χ4n) is 2.51. The number of aliphatic carboxylic acids is 1. The molecule has 1 aliphatic rings. The zero-order valence-corrected chi connectivity index (χ0v) is 12.2. The van der Waals surface area contributed by atoms with Crippen LogP contribution < -0.4 is 5.32 Å². The number of rotatable bonds is 7. The second-order valence-electron chi connectivity index (χ2n) is 5.80. The van der Waals surface area contributed by atoms with Gasteiger partial charge in [-0.1, -0.05) is 13.3 Å². The number of amides is 2. The van der Waals surface area contributed by atoms with E-state index in [0.29, 0.717) is 6.54 Å². The number of carboxylic acids is 1. The average Bonchev–Trinajstić information content (AvgIpc) is 2.27. The van der Waals surface area contributed by atoms with E-state index in [-0.39, 0.29) is 30.5 Å². The molecule has 0 aromatic carbocycles. The van der Waals surface area contributed by atoms with Crippen LogP contribution in [0.3, 0.4) is 0 Å². The van der Waals surface area contributed by atoms with Gasteiger partial charge in [-0.05, 0) is 38.5 Å². The van der Waals surface area contributed by atoms with E-state index in [2.05, 4.69) is 12.2 Å². The van der Waals surface area contributed by atoms with Gasteiger partial charge in [0.25, 0.3) is 0 Å². The Bertz CT molecular complexity index is 319. The number of urea groups is 1. The molecule has 0 aromatic heterocycles. The van der Waals surface area contributed by atoms with Crippen LogP contribution in [0.25, 0.3) is 0 Å². The average molecular weight is 270 g/mol. The third-order valence-corrected chi connectivity index (χ3v) is 4.23. The van der Waals surface area contributed by atoms with Gasteiger partial charge in [0.05, 0.1) is 6.42 Å². The van der Waals surface area contributed by atoms with Gasteiger partial charge < -0.3 is 15.3 Å². The van der Waals surface area contributed by atoms with Crippen LogP contribution in [0, 0.1) is 5.41 Å². The summed E-state index contributed by atoms with van der Waals surface area (Å²) >= 11 is 0. The molecule has 5 heteroatoms. The van der Waals surface area contributed by atoms with Crippen LogP contribution in [0.5, 0.6) is 0 Å². The Balaban J connectivity index is 2.45. The number of carboxylic acid groups (broad SMARTS) is 1. The molecule has 19 heavy (non-hydrogen) atoms. The Morgan fingerprint density at radius 3 is 2.37 bits per heavy atom. The van der Waals surface area contributed by atoms with Gasteiger partial charge in [-0.15, -0.1) is 0 Å². The summed E-state index contributed by atoms with van der Waals surface area (Å²) in [5.74, 6) is -0.873. The molecule has 0 radical (unpaired) electrons. The van der Waals surface area contributed by atoms with Crippen molar-refractivity contribution >= 4 is 12.0 Å². The highest BCUT2D eigenvalue weighted by atomic mass is 16.4. The highest BCUT2D eigenvalue weighted by molar-refractivity contribution is 5.75. The lowest BCUT2D eigenvalue weighted by Gasteiger charge is -2.42. The highest BCUT2D eigenvalue weighted by Gasteiger charge is 2.35. The smallest absolute Gasteiger partial charge is 0.317 e. The predicted octanol–water partition coefficient (Wildman–Crippen LogP) is 2.46. The van der Waals surface area contributed by atoms with E-state index in [1.54, 1.807) is 4.90 Å². The first-order chi connectivity index (χ1) is 8.90. The number of nitrogens with zero attached hydrogens (tertiary/aromatic N) is 1. The number of nitrogens with one attached hydrogen (secondary N) is 1. The van der Waals surface area contributed by atoms with Gasteiger partial charge in [-0.25, -0.2) is 4.79 Å². The van der Waals surface area contributed by atoms with Crippen LogP contribution in [0.2, 0.25) is 0 Å². The molecule has 2 amide bonds. The fourth-order valence-corrected chi connectivity index (χ4v) is 2.51. The lowest BCUT2D eigenvalue weighted by atomic mass is 9.67. The monoisotopic (exact) mass is 270 g/mol. The van der Waals surface area contributed by atoms with Gasteiger partial charge in [-0.3, -0.25) is 4.79 Å². The number of hydrogen-bond acceptors (Lipinski definition) is 2. The molecular formula is C14H26N2O3. The first kappa shape index (κ1) is 15.8. The van der Waals surface area contributed by atoms with Gasteiger partial charge in [0.15, 0.2) is 0 Å². The van der Waals surface area contributed by atoms with E-state index in [1.807, 2.05) is 13.8 Å². The van der Waals surface area contributed by atoms with E-state index in [0.717, 1.165) is 6.42 Å². The summed E-state index contributed by atoms with van der Waals surface area (Å²) in [7, 11) is 0. The molecule has 0 atom stereocenters. The molecule has 1 fully saturated rings. The van der Waals surface area contributed by atoms with Crippen molar-refractivity contribution in [3.05, 3.63) is 0 Å². The Hall–Kier alpha value is -1.26. The van der Waals surface area contributed by atoms with Gasteiger partial charge >= 0.3 is 12.0 Å². The van der Waals surface area contributed by atoms with E-state index >= 15 is 0 Å². The molecule has 1 aliphatic carbocycles. The SMILES string of the molecule is CCC1(CNC(=O)N(CCC(=O)O)C(C)C)CCC1. The summed E-state index contributed by atoms with van der Waals surface area (Å²) in [4.78, 5) is 24.3. The van der Waals surface area contributed by atoms with Crippen molar-refractivity contribution < 1.29 is 14.7 Å². The topological polar surface area (TPSA) is 69.6 Å².